The largest absolute Gasteiger partial charge is 0.395 e. The van der Waals surface area contributed by atoms with E-state index in [0.717, 1.165) is 12.5 Å². The summed E-state index contributed by atoms with van der Waals surface area (Å²) < 4.78 is 27.1. The first-order chi connectivity index (χ1) is 8.00. The minimum Gasteiger partial charge on any atom is -0.395 e. The van der Waals surface area contributed by atoms with Gasteiger partial charge >= 0.3 is 5.69 Å². The molecule has 17 heavy (non-hydrogen) atoms. The van der Waals surface area contributed by atoms with E-state index >= 15 is 0 Å². The lowest BCUT2D eigenvalue weighted by Gasteiger charge is -2.40. The quantitative estimate of drug-likeness (QED) is 0.654. The highest BCUT2D eigenvalue weighted by atomic mass is 19.1. The Labute approximate surface area is 96.0 Å². The zero-order chi connectivity index (χ0) is 12.6. The molecule has 1 saturated carbocycles. The summed E-state index contributed by atoms with van der Waals surface area (Å²) in [4.78, 5) is 9.47. The van der Waals surface area contributed by atoms with Gasteiger partial charge in [0.05, 0.1) is 17.6 Å². The van der Waals surface area contributed by atoms with Gasteiger partial charge in [-0.25, -0.2) is 4.39 Å². The van der Waals surface area contributed by atoms with Gasteiger partial charge in [0.15, 0.2) is 0 Å². The second-order valence-electron chi connectivity index (χ2n) is 4.33. The van der Waals surface area contributed by atoms with Crippen molar-refractivity contribution in [1.82, 2.24) is 0 Å². The molecular weight excluding hydrogens is 232 g/mol. The molecule has 0 atom stereocenters. The zero-order valence-corrected chi connectivity index (χ0v) is 8.95. The monoisotopic (exact) mass is 243 g/mol. The van der Waals surface area contributed by atoms with Gasteiger partial charge in [-0.05, 0) is 24.5 Å². The number of nitro benzene ring substituents is 1. The van der Waals surface area contributed by atoms with E-state index in [1.54, 1.807) is 0 Å². The van der Waals surface area contributed by atoms with Crippen LogP contribution < -0.4 is 0 Å². The van der Waals surface area contributed by atoms with Gasteiger partial charge in [0.25, 0.3) is 0 Å². The fraction of sp³-hybridized carbons (Fsp3) is 0.455. The summed E-state index contributed by atoms with van der Waals surface area (Å²) in [6.45, 7) is -0.277. The molecule has 4 nitrogen and oxygen atoms in total. The van der Waals surface area contributed by atoms with Gasteiger partial charge in [-0.2, -0.15) is 4.39 Å². The zero-order valence-electron chi connectivity index (χ0n) is 8.95. The van der Waals surface area contributed by atoms with E-state index in [2.05, 4.69) is 0 Å². The number of benzene rings is 1. The van der Waals surface area contributed by atoms with Gasteiger partial charge in [0.2, 0.25) is 5.82 Å². The number of hydrogen-bond donors (Lipinski definition) is 1. The molecule has 0 aromatic heterocycles. The van der Waals surface area contributed by atoms with Crippen molar-refractivity contribution >= 4 is 5.69 Å². The summed E-state index contributed by atoms with van der Waals surface area (Å²) in [5, 5.41) is 19.7. The highest BCUT2D eigenvalue weighted by Crippen LogP contribution is 2.45. The van der Waals surface area contributed by atoms with E-state index in [0.29, 0.717) is 18.9 Å². The third kappa shape index (κ3) is 1.78. The minimum atomic E-state index is -1.06. The van der Waals surface area contributed by atoms with Crippen LogP contribution in [0.1, 0.15) is 24.8 Å². The average molecular weight is 243 g/mol. The smallest absolute Gasteiger partial charge is 0.307 e. The summed E-state index contributed by atoms with van der Waals surface area (Å²) >= 11 is 0. The molecule has 0 amide bonds. The van der Waals surface area contributed by atoms with Crippen molar-refractivity contribution in [3.63, 3.8) is 0 Å². The van der Waals surface area contributed by atoms with Crippen molar-refractivity contribution < 1.29 is 18.8 Å². The number of aliphatic hydroxyl groups is 1. The number of hydrogen-bond acceptors (Lipinski definition) is 3. The molecule has 0 spiro atoms. The minimum absolute atomic E-state index is 0.0364. The van der Waals surface area contributed by atoms with Gasteiger partial charge in [-0.3, -0.25) is 10.1 Å². The Morgan fingerprint density at radius 1 is 1.35 bits per heavy atom. The number of halogens is 2. The second-order valence-corrected chi connectivity index (χ2v) is 4.33. The van der Waals surface area contributed by atoms with E-state index in [4.69, 9.17) is 0 Å². The molecule has 2 rings (SSSR count). The number of nitro groups is 1. The van der Waals surface area contributed by atoms with Crippen LogP contribution in [0.3, 0.4) is 0 Å². The van der Waals surface area contributed by atoms with Crippen LogP contribution in [0.4, 0.5) is 14.5 Å². The van der Waals surface area contributed by atoms with Crippen LogP contribution in [0.5, 0.6) is 0 Å². The Hall–Kier alpha value is -1.56. The average Bonchev–Trinajstić information content (AvgIpc) is 2.21. The van der Waals surface area contributed by atoms with Crippen LogP contribution in [0, 0.1) is 21.7 Å². The first-order valence-electron chi connectivity index (χ1n) is 5.25. The summed E-state index contributed by atoms with van der Waals surface area (Å²) in [5.74, 6) is -1.89. The molecule has 0 radical (unpaired) electrons. The van der Waals surface area contributed by atoms with Gasteiger partial charge in [-0.15, -0.1) is 0 Å². The fourth-order valence-corrected chi connectivity index (χ4v) is 2.20. The van der Waals surface area contributed by atoms with Crippen molar-refractivity contribution in [2.24, 2.45) is 0 Å². The molecule has 0 heterocycles. The second kappa shape index (κ2) is 4.03. The third-order valence-corrected chi connectivity index (χ3v) is 3.42. The Bertz CT molecular complexity index is 467. The maximum absolute atomic E-state index is 13.7. The van der Waals surface area contributed by atoms with Gasteiger partial charge < -0.3 is 5.11 Å². The molecule has 1 aliphatic carbocycles. The first kappa shape index (κ1) is 11.9. The van der Waals surface area contributed by atoms with Crippen molar-refractivity contribution in [2.75, 3.05) is 6.61 Å². The molecule has 1 N–H and O–H groups in total. The molecule has 6 heteroatoms. The summed E-state index contributed by atoms with van der Waals surface area (Å²) in [6.07, 6.45) is 1.97. The first-order valence-corrected chi connectivity index (χ1v) is 5.25. The van der Waals surface area contributed by atoms with Crippen LogP contribution in [0.15, 0.2) is 12.1 Å². The van der Waals surface area contributed by atoms with E-state index in [1.807, 2.05) is 0 Å². The van der Waals surface area contributed by atoms with Crippen molar-refractivity contribution in [2.45, 2.75) is 24.7 Å². The van der Waals surface area contributed by atoms with E-state index in [9.17, 15) is 24.0 Å². The highest BCUT2D eigenvalue weighted by Gasteiger charge is 2.41. The molecular formula is C11H11F2NO3. The fourth-order valence-electron chi connectivity index (χ4n) is 2.20. The molecule has 1 aliphatic rings. The summed E-state index contributed by atoms with van der Waals surface area (Å²) in [5.41, 5.74) is -1.60. The predicted molar refractivity (Wildman–Crippen MR) is 55.6 cm³/mol. The molecule has 0 unspecified atom stereocenters. The SMILES string of the molecule is O=[N+]([O-])c1cc(F)c(C2(CO)CCC2)cc1F. The lowest BCUT2D eigenvalue weighted by Crippen LogP contribution is -2.38. The van der Waals surface area contributed by atoms with Crippen LogP contribution in [0.25, 0.3) is 0 Å². The Kier molecular flexibility index (Phi) is 2.82. The normalized spacial score (nSPS) is 17.6. The molecule has 1 aromatic carbocycles. The van der Waals surface area contributed by atoms with Crippen LogP contribution in [-0.4, -0.2) is 16.6 Å². The van der Waals surface area contributed by atoms with E-state index in [-0.39, 0.29) is 12.2 Å². The van der Waals surface area contributed by atoms with Crippen molar-refractivity contribution in [3.05, 3.63) is 39.4 Å². The number of nitrogens with zero attached hydrogens (tertiary/aromatic N) is 1. The number of aliphatic hydroxyl groups excluding tert-OH is 1. The van der Waals surface area contributed by atoms with Crippen LogP contribution >= 0.6 is 0 Å². The Morgan fingerprint density at radius 2 is 2.00 bits per heavy atom. The molecule has 0 saturated heterocycles. The maximum Gasteiger partial charge on any atom is 0.307 e. The van der Waals surface area contributed by atoms with Gasteiger partial charge in [0, 0.05) is 5.41 Å². The lowest BCUT2D eigenvalue weighted by atomic mass is 9.65. The lowest BCUT2D eigenvalue weighted by molar-refractivity contribution is -0.387. The van der Waals surface area contributed by atoms with Crippen LogP contribution in [-0.2, 0) is 5.41 Å². The van der Waals surface area contributed by atoms with E-state index < -0.39 is 27.7 Å². The number of rotatable bonds is 3. The Morgan fingerprint density at radius 3 is 2.41 bits per heavy atom. The van der Waals surface area contributed by atoms with E-state index in [1.165, 1.54) is 0 Å². The Balaban J connectivity index is 2.50. The maximum atomic E-state index is 13.7. The molecule has 0 bridgehead atoms. The molecule has 92 valence electrons. The van der Waals surface area contributed by atoms with Crippen molar-refractivity contribution in [1.29, 1.82) is 0 Å². The molecule has 0 aliphatic heterocycles. The standard InChI is InChI=1S/C11H11F2NO3/c12-8-5-10(14(16)17)9(13)4-7(8)11(6-15)2-1-3-11/h4-5,15H,1-3,6H2. The third-order valence-electron chi connectivity index (χ3n) is 3.42. The van der Waals surface area contributed by atoms with Gasteiger partial charge in [0.1, 0.15) is 5.82 Å². The highest BCUT2D eigenvalue weighted by molar-refractivity contribution is 5.40. The van der Waals surface area contributed by atoms with Gasteiger partial charge in [-0.1, -0.05) is 6.42 Å². The summed E-state index contributed by atoms with van der Waals surface area (Å²) in [6, 6.07) is 1.42. The van der Waals surface area contributed by atoms with Crippen molar-refractivity contribution in [3.8, 4) is 0 Å². The molecule has 1 aromatic rings. The predicted octanol–water partition coefficient (Wildman–Crippen LogP) is 2.29. The summed E-state index contributed by atoms with van der Waals surface area (Å²) in [7, 11) is 0. The van der Waals surface area contributed by atoms with Crippen LogP contribution in [0.2, 0.25) is 0 Å². The topological polar surface area (TPSA) is 63.4 Å². The molecule has 1 fully saturated rings.